The molecule has 2 aliphatic rings. The minimum absolute atomic E-state index is 0.0179. The lowest BCUT2D eigenvalue weighted by molar-refractivity contribution is -0.115. The molecule has 1 aromatic rings. The molecule has 2 unspecified atom stereocenters. The van der Waals surface area contributed by atoms with Gasteiger partial charge >= 0.3 is 0 Å². The van der Waals surface area contributed by atoms with Gasteiger partial charge in [-0.1, -0.05) is 12.8 Å². The van der Waals surface area contributed by atoms with Gasteiger partial charge in [-0.25, -0.2) is 12.8 Å². The SMILES string of the molecule is CC1CN(c2ccc(NC(=O)CCS(=O)(=O)C3CCCC3)cc2F)CC(C)O1. The first-order valence-corrected chi connectivity index (χ1v) is 11.7. The Labute approximate surface area is 166 Å². The van der Waals surface area contributed by atoms with Gasteiger partial charge in [-0.2, -0.15) is 0 Å². The molecule has 156 valence electrons. The van der Waals surface area contributed by atoms with E-state index in [1.165, 1.54) is 6.07 Å². The second-order valence-electron chi connectivity index (χ2n) is 7.90. The lowest BCUT2D eigenvalue weighted by atomic mass is 10.2. The van der Waals surface area contributed by atoms with Crippen LogP contribution in [0.25, 0.3) is 0 Å². The summed E-state index contributed by atoms with van der Waals surface area (Å²) in [5.74, 6) is -0.992. The number of sulfone groups is 1. The molecule has 2 atom stereocenters. The number of carbonyl (C=O) groups is 1. The van der Waals surface area contributed by atoms with Gasteiger partial charge in [0.05, 0.1) is 28.9 Å². The third-order valence-corrected chi connectivity index (χ3v) is 7.68. The van der Waals surface area contributed by atoms with Crippen molar-refractivity contribution in [2.24, 2.45) is 0 Å². The molecule has 1 amide bonds. The molecule has 6 nitrogen and oxygen atoms in total. The van der Waals surface area contributed by atoms with Gasteiger partial charge in [-0.05, 0) is 44.9 Å². The van der Waals surface area contributed by atoms with Crippen LogP contribution in [-0.2, 0) is 19.4 Å². The number of nitrogens with one attached hydrogen (secondary N) is 1. The molecular formula is C20H29FN2O4S. The molecule has 1 aromatic carbocycles. The van der Waals surface area contributed by atoms with Crippen molar-refractivity contribution < 1.29 is 22.3 Å². The van der Waals surface area contributed by atoms with E-state index in [1.54, 1.807) is 12.1 Å². The number of benzene rings is 1. The van der Waals surface area contributed by atoms with Gasteiger partial charge in [0.15, 0.2) is 9.84 Å². The lowest BCUT2D eigenvalue weighted by Gasteiger charge is -2.37. The van der Waals surface area contributed by atoms with Crippen LogP contribution in [0, 0.1) is 5.82 Å². The van der Waals surface area contributed by atoms with Crippen LogP contribution in [0.5, 0.6) is 0 Å². The van der Waals surface area contributed by atoms with Crippen molar-refractivity contribution in [3.05, 3.63) is 24.0 Å². The van der Waals surface area contributed by atoms with Crippen molar-refractivity contribution in [2.45, 2.75) is 63.4 Å². The van der Waals surface area contributed by atoms with E-state index >= 15 is 0 Å². The monoisotopic (exact) mass is 412 g/mol. The first-order valence-electron chi connectivity index (χ1n) is 9.96. The van der Waals surface area contributed by atoms with Crippen LogP contribution in [0.15, 0.2) is 18.2 Å². The molecule has 1 aliphatic carbocycles. The third kappa shape index (κ3) is 5.23. The summed E-state index contributed by atoms with van der Waals surface area (Å²) in [5, 5.41) is 2.30. The summed E-state index contributed by atoms with van der Waals surface area (Å²) in [6.07, 6.45) is 3.17. The Morgan fingerprint density at radius 1 is 1.21 bits per heavy atom. The molecule has 0 radical (unpaired) electrons. The Kier molecular flexibility index (Phi) is 6.60. The quantitative estimate of drug-likeness (QED) is 0.777. The number of rotatable bonds is 6. The number of carbonyl (C=O) groups excluding carboxylic acids is 1. The van der Waals surface area contributed by atoms with Crippen molar-refractivity contribution >= 4 is 27.1 Å². The van der Waals surface area contributed by atoms with Crippen molar-refractivity contribution in [1.29, 1.82) is 0 Å². The standard InChI is InChI=1S/C20H29FN2O4S/c1-14-12-23(13-15(2)27-14)19-8-7-16(11-18(19)21)22-20(24)9-10-28(25,26)17-5-3-4-6-17/h7-8,11,14-15,17H,3-6,9-10,12-13H2,1-2H3,(H,22,24). The largest absolute Gasteiger partial charge is 0.372 e. The third-order valence-electron chi connectivity index (χ3n) is 5.42. The second kappa shape index (κ2) is 8.78. The molecule has 0 aromatic heterocycles. The molecule has 0 bridgehead atoms. The molecule has 1 N–H and O–H groups in total. The summed E-state index contributed by atoms with van der Waals surface area (Å²) in [7, 11) is -3.24. The van der Waals surface area contributed by atoms with Gasteiger partial charge < -0.3 is 15.0 Å². The lowest BCUT2D eigenvalue weighted by Crippen LogP contribution is -2.45. The Bertz CT molecular complexity index is 798. The predicted octanol–water partition coefficient (Wildman–Crippen LogP) is 3.13. The van der Waals surface area contributed by atoms with Crippen LogP contribution < -0.4 is 10.2 Å². The topological polar surface area (TPSA) is 75.7 Å². The minimum atomic E-state index is -3.24. The number of morpholine rings is 1. The summed E-state index contributed by atoms with van der Waals surface area (Å²) >= 11 is 0. The van der Waals surface area contributed by atoms with Gasteiger partial charge in [0.1, 0.15) is 5.82 Å². The van der Waals surface area contributed by atoms with Crippen molar-refractivity contribution in [2.75, 3.05) is 29.1 Å². The zero-order valence-corrected chi connectivity index (χ0v) is 17.3. The fourth-order valence-electron chi connectivity index (χ4n) is 4.09. The molecule has 1 saturated carbocycles. The molecule has 3 rings (SSSR count). The van der Waals surface area contributed by atoms with Gasteiger partial charge in [-0.3, -0.25) is 4.79 Å². The molecular weight excluding hydrogens is 383 g/mol. The number of hydrogen-bond acceptors (Lipinski definition) is 5. The number of halogens is 1. The van der Waals surface area contributed by atoms with Gasteiger partial charge in [-0.15, -0.1) is 0 Å². The van der Waals surface area contributed by atoms with E-state index in [4.69, 9.17) is 4.74 Å². The molecule has 8 heteroatoms. The number of nitrogens with zero attached hydrogens (tertiary/aromatic N) is 1. The fraction of sp³-hybridized carbons (Fsp3) is 0.650. The normalized spacial score (nSPS) is 23.8. The Balaban J connectivity index is 1.57. The van der Waals surface area contributed by atoms with E-state index in [1.807, 2.05) is 18.7 Å². The van der Waals surface area contributed by atoms with E-state index in [0.717, 1.165) is 12.8 Å². The van der Waals surface area contributed by atoms with Crippen molar-refractivity contribution in [1.82, 2.24) is 0 Å². The van der Waals surface area contributed by atoms with Crippen LogP contribution in [0.2, 0.25) is 0 Å². The van der Waals surface area contributed by atoms with E-state index in [-0.39, 0.29) is 29.6 Å². The average Bonchev–Trinajstić information content (AvgIpc) is 3.15. The highest BCUT2D eigenvalue weighted by atomic mass is 32.2. The highest BCUT2D eigenvalue weighted by Crippen LogP contribution is 2.27. The molecule has 1 heterocycles. The second-order valence-corrected chi connectivity index (χ2v) is 10.3. The maximum Gasteiger partial charge on any atom is 0.225 e. The van der Waals surface area contributed by atoms with Crippen LogP contribution in [0.3, 0.4) is 0 Å². The maximum absolute atomic E-state index is 14.6. The Morgan fingerprint density at radius 2 is 1.86 bits per heavy atom. The molecule has 1 saturated heterocycles. The fourth-order valence-corrected chi connectivity index (χ4v) is 5.94. The van der Waals surface area contributed by atoms with E-state index in [9.17, 15) is 17.6 Å². The number of hydrogen-bond donors (Lipinski definition) is 1. The zero-order valence-electron chi connectivity index (χ0n) is 16.5. The highest BCUT2D eigenvalue weighted by Gasteiger charge is 2.29. The predicted molar refractivity (Wildman–Crippen MR) is 108 cm³/mol. The Morgan fingerprint density at radius 3 is 2.46 bits per heavy atom. The summed E-state index contributed by atoms with van der Waals surface area (Å²) in [6, 6.07) is 4.57. The zero-order chi connectivity index (χ0) is 20.3. The Hall–Kier alpha value is -1.67. The molecule has 28 heavy (non-hydrogen) atoms. The van der Waals surface area contributed by atoms with E-state index in [0.29, 0.717) is 37.3 Å². The number of anilines is 2. The molecule has 2 fully saturated rings. The van der Waals surface area contributed by atoms with Crippen LogP contribution in [0.1, 0.15) is 46.0 Å². The van der Waals surface area contributed by atoms with E-state index in [2.05, 4.69) is 5.32 Å². The minimum Gasteiger partial charge on any atom is -0.372 e. The summed E-state index contributed by atoms with van der Waals surface area (Å²) in [6.45, 7) is 5.11. The molecule has 0 spiro atoms. The summed E-state index contributed by atoms with van der Waals surface area (Å²) in [4.78, 5) is 14.1. The van der Waals surface area contributed by atoms with Crippen molar-refractivity contribution in [3.63, 3.8) is 0 Å². The highest BCUT2D eigenvalue weighted by molar-refractivity contribution is 7.92. The number of ether oxygens (including phenoxy) is 1. The first-order chi connectivity index (χ1) is 13.2. The van der Waals surface area contributed by atoms with Gasteiger partial charge in [0.2, 0.25) is 5.91 Å². The molecule has 1 aliphatic heterocycles. The maximum atomic E-state index is 14.6. The summed E-state index contributed by atoms with van der Waals surface area (Å²) in [5.41, 5.74) is 0.808. The van der Waals surface area contributed by atoms with Crippen LogP contribution in [0.4, 0.5) is 15.8 Å². The van der Waals surface area contributed by atoms with Crippen LogP contribution in [-0.4, -0.2) is 50.6 Å². The summed E-state index contributed by atoms with van der Waals surface area (Å²) < 4.78 is 44.8. The van der Waals surface area contributed by atoms with Gasteiger partial charge in [0, 0.05) is 25.2 Å². The smallest absolute Gasteiger partial charge is 0.225 e. The van der Waals surface area contributed by atoms with Crippen LogP contribution >= 0.6 is 0 Å². The average molecular weight is 413 g/mol. The van der Waals surface area contributed by atoms with Gasteiger partial charge in [0.25, 0.3) is 0 Å². The number of amides is 1. The van der Waals surface area contributed by atoms with E-state index < -0.39 is 21.6 Å². The van der Waals surface area contributed by atoms with Crippen molar-refractivity contribution in [3.8, 4) is 0 Å². The first kappa shape index (κ1) is 21.0.